The predicted molar refractivity (Wildman–Crippen MR) is 162 cm³/mol. The van der Waals surface area contributed by atoms with E-state index in [1.165, 1.54) is 29.2 Å². The third-order valence-corrected chi connectivity index (χ3v) is 10.6. The maximum absolute atomic E-state index is 14.4. The molecule has 0 aromatic heterocycles. The van der Waals surface area contributed by atoms with Crippen molar-refractivity contribution in [1.82, 2.24) is 0 Å². The van der Waals surface area contributed by atoms with Crippen molar-refractivity contribution >= 4 is 46.6 Å². The molecule has 9 heteroatoms. The Bertz CT molecular complexity index is 1770. The highest BCUT2D eigenvalue weighted by molar-refractivity contribution is 6.32. The van der Waals surface area contributed by atoms with E-state index in [4.69, 9.17) is 11.6 Å². The van der Waals surface area contributed by atoms with Gasteiger partial charge in [0.2, 0.25) is 23.6 Å². The van der Waals surface area contributed by atoms with Crippen LogP contribution in [0, 0.1) is 34.9 Å². The number of amides is 4. The Morgan fingerprint density at radius 2 is 1.57 bits per heavy atom. The number of aromatic hydroxyl groups is 1. The molecule has 4 amide bonds. The summed E-state index contributed by atoms with van der Waals surface area (Å²) in [5.41, 5.74) is 2.11. The number of phenolic OH excluding ortho intramolecular Hbond substituents is 1. The Labute approximate surface area is 258 Å². The van der Waals surface area contributed by atoms with Gasteiger partial charge in [0.25, 0.3) is 0 Å². The van der Waals surface area contributed by atoms with Crippen LogP contribution in [0.4, 0.5) is 15.8 Å². The van der Waals surface area contributed by atoms with Crippen LogP contribution in [0.2, 0.25) is 5.02 Å². The number of benzene rings is 3. The summed E-state index contributed by atoms with van der Waals surface area (Å²) in [5, 5.41) is 9.85. The third-order valence-electron chi connectivity index (χ3n) is 10.3. The Morgan fingerprint density at radius 1 is 0.886 bits per heavy atom. The molecule has 7 nitrogen and oxygen atoms in total. The highest BCUT2D eigenvalue weighted by atomic mass is 35.5. The van der Waals surface area contributed by atoms with Crippen molar-refractivity contribution in [1.29, 1.82) is 0 Å². The summed E-state index contributed by atoms with van der Waals surface area (Å²) in [4.78, 5) is 58.8. The molecule has 44 heavy (non-hydrogen) atoms. The smallest absolute Gasteiger partial charge is 0.241 e. The largest absolute Gasteiger partial charge is 0.508 e. The summed E-state index contributed by atoms with van der Waals surface area (Å²) in [6.45, 7) is 3.80. The number of nitrogens with zero attached hydrogens (tertiary/aromatic N) is 2. The number of fused-ring (bicyclic) bond motifs is 4. The van der Waals surface area contributed by atoms with E-state index in [9.17, 15) is 28.7 Å². The fourth-order valence-corrected chi connectivity index (χ4v) is 8.24. The molecule has 7 rings (SSSR count). The van der Waals surface area contributed by atoms with Crippen LogP contribution in [0.15, 0.2) is 78.4 Å². The summed E-state index contributed by atoms with van der Waals surface area (Å²) >= 11 is 6.05. The molecule has 3 aromatic rings. The van der Waals surface area contributed by atoms with Gasteiger partial charge < -0.3 is 5.11 Å². The molecule has 2 aliphatic heterocycles. The normalized spacial score (nSPS) is 29.5. The van der Waals surface area contributed by atoms with E-state index in [1.54, 1.807) is 31.2 Å². The standard InChI is InChI=1S/C35H30ClFN2O5/c1-3-18-4-8-20(9-5-18)38-31(41)24-14-13-23-25(29(24)33(38)43)17-26-32(42)39(21-10-15-28(37)27(36)16-21)34(44)35(26,2)30(23)19-6-11-22(40)12-7-19/h4-13,15-16,24-26,29-30,40H,3,14,17H2,1-2H3/t24-,25+,26-,29-,30-,35+/m0/s1. The van der Waals surface area contributed by atoms with Gasteiger partial charge in [-0.2, -0.15) is 0 Å². The van der Waals surface area contributed by atoms with Crippen LogP contribution >= 0.6 is 11.6 Å². The van der Waals surface area contributed by atoms with Crippen molar-refractivity contribution in [3.63, 3.8) is 0 Å². The molecule has 6 atom stereocenters. The molecule has 0 bridgehead atoms. The summed E-state index contributed by atoms with van der Waals surface area (Å²) in [6, 6.07) is 17.7. The molecule has 2 saturated heterocycles. The summed E-state index contributed by atoms with van der Waals surface area (Å²) in [6.07, 6.45) is 3.35. The number of rotatable bonds is 4. The highest BCUT2D eigenvalue weighted by Crippen LogP contribution is 2.63. The second-order valence-corrected chi connectivity index (χ2v) is 12.8. The Morgan fingerprint density at radius 3 is 2.23 bits per heavy atom. The van der Waals surface area contributed by atoms with Crippen molar-refractivity contribution in [3.8, 4) is 5.75 Å². The van der Waals surface area contributed by atoms with Gasteiger partial charge in [0, 0.05) is 5.92 Å². The minimum Gasteiger partial charge on any atom is -0.508 e. The molecule has 2 heterocycles. The molecular formula is C35H30ClFN2O5. The zero-order valence-electron chi connectivity index (χ0n) is 24.2. The zero-order chi connectivity index (χ0) is 31.1. The van der Waals surface area contributed by atoms with Crippen molar-refractivity contribution in [3.05, 3.63) is 100 Å². The van der Waals surface area contributed by atoms with Crippen molar-refractivity contribution < 1.29 is 28.7 Å². The summed E-state index contributed by atoms with van der Waals surface area (Å²) < 4.78 is 14.0. The van der Waals surface area contributed by atoms with Crippen LogP contribution < -0.4 is 9.80 Å². The number of allylic oxidation sites excluding steroid dienone is 2. The molecule has 224 valence electrons. The molecule has 1 N–H and O–H groups in total. The SMILES string of the molecule is CCc1ccc(N2C(=O)[C@H]3[C@H](CC=C4[C@H]3C[C@H]3C(=O)N(c5ccc(F)c(Cl)c5)C(=O)[C@@]3(C)[C@H]4c3ccc(O)cc3)C2=O)cc1. The molecule has 3 aromatic carbocycles. The fraction of sp³-hybridized carbons (Fsp3) is 0.314. The van der Waals surface area contributed by atoms with Crippen molar-refractivity contribution in [2.24, 2.45) is 29.1 Å². The number of hydrogen-bond donors (Lipinski definition) is 1. The van der Waals surface area contributed by atoms with Gasteiger partial charge >= 0.3 is 0 Å². The van der Waals surface area contributed by atoms with E-state index in [0.717, 1.165) is 28.5 Å². The average Bonchev–Trinajstić information content (AvgIpc) is 3.39. The second-order valence-electron chi connectivity index (χ2n) is 12.4. The van der Waals surface area contributed by atoms with Crippen LogP contribution in [0.5, 0.6) is 5.75 Å². The lowest BCUT2D eigenvalue weighted by molar-refractivity contribution is -0.131. The number of anilines is 2. The number of halogens is 2. The second kappa shape index (κ2) is 10.1. The molecule has 0 radical (unpaired) electrons. The number of aryl methyl sites for hydroxylation is 1. The number of carbonyl (C=O) groups excluding carboxylic acids is 4. The van der Waals surface area contributed by atoms with E-state index in [1.807, 2.05) is 25.1 Å². The average molecular weight is 613 g/mol. The van der Waals surface area contributed by atoms with Crippen LogP contribution in [0.25, 0.3) is 0 Å². The molecule has 3 fully saturated rings. The molecular weight excluding hydrogens is 583 g/mol. The van der Waals surface area contributed by atoms with Gasteiger partial charge in [-0.05, 0) is 85.7 Å². The fourth-order valence-electron chi connectivity index (χ4n) is 8.07. The first kappa shape index (κ1) is 28.5. The molecule has 1 saturated carbocycles. The number of carbonyl (C=O) groups is 4. The first-order chi connectivity index (χ1) is 21.1. The van der Waals surface area contributed by atoms with Crippen LogP contribution in [-0.2, 0) is 25.6 Å². The summed E-state index contributed by atoms with van der Waals surface area (Å²) in [7, 11) is 0. The lowest BCUT2D eigenvalue weighted by Crippen LogP contribution is -2.48. The molecule has 0 unspecified atom stereocenters. The molecule has 2 aliphatic carbocycles. The Hall–Kier alpha value is -4.30. The maximum atomic E-state index is 14.4. The summed E-state index contributed by atoms with van der Waals surface area (Å²) in [5.74, 6) is -5.21. The minimum absolute atomic E-state index is 0.0539. The minimum atomic E-state index is -1.24. The van der Waals surface area contributed by atoms with Crippen molar-refractivity contribution in [2.45, 2.75) is 39.0 Å². The van der Waals surface area contributed by atoms with Crippen LogP contribution in [0.3, 0.4) is 0 Å². The van der Waals surface area contributed by atoms with Gasteiger partial charge in [0.05, 0.1) is 39.6 Å². The van der Waals surface area contributed by atoms with E-state index >= 15 is 0 Å². The van der Waals surface area contributed by atoms with Gasteiger partial charge in [-0.3, -0.25) is 24.1 Å². The van der Waals surface area contributed by atoms with Gasteiger partial charge in [0.15, 0.2) is 0 Å². The maximum Gasteiger partial charge on any atom is 0.241 e. The number of phenols is 1. The first-order valence-electron chi connectivity index (χ1n) is 14.8. The Balaban J connectivity index is 1.34. The van der Waals surface area contributed by atoms with E-state index in [-0.39, 0.29) is 34.7 Å². The van der Waals surface area contributed by atoms with Crippen molar-refractivity contribution in [2.75, 3.05) is 9.80 Å². The highest BCUT2D eigenvalue weighted by Gasteiger charge is 2.67. The van der Waals surface area contributed by atoms with Gasteiger partial charge in [-0.25, -0.2) is 9.29 Å². The van der Waals surface area contributed by atoms with E-state index in [0.29, 0.717) is 17.7 Å². The molecule has 4 aliphatic rings. The van der Waals surface area contributed by atoms with Gasteiger partial charge in [0.1, 0.15) is 11.6 Å². The Kier molecular flexibility index (Phi) is 6.55. The zero-order valence-corrected chi connectivity index (χ0v) is 24.9. The topological polar surface area (TPSA) is 95.0 Å². The molecule has 0 spiro atoms. The number of hydrogen-bond acceptors (Lipinski definition) is 5. The predicted octanol–water partition coefficient (Wildman–Crippen LogP) is 6.18. The number of imide groups is 2. The van der Waals surface area contributed by atoms with Crippen LogP contribution in [-0.4, -0.2) is 28.7 Å². The van der Waals surface area contributed by atoms with E-state index in [2.05, 4.69) is 0 Å². The lowest BCUT2D eigenvalue weighted by Gasteiger charge is -2.49. The monoisotopic (exact) mass is 612 g/mol. The van der Waals surface area contributed by atoms with Crippen LogP contribution in [0.1, 0.15) is 43.7 Å². The first-order valence-corrected chi connectivity index (χ1v) is 15.2. The van der Waals surface area contributed by atoms with Gasteiger partial charge in [-0.1, -0.05) is 54.4 Å². The third kappa shape index (κ3) is 3.93. The lowest BCUT2D eigenvalue weighted by atomic mass is 9.51. The van der Waals surface area contributed by atoms with E-state index < -0.39 is 52.6 Å². The van der Waals surface area contributed by atoms with Gasteiger partial charge in [-0.15, -0.1) is 0 Å². The quantitative estimate of drug-likeness (QED) is 0.280.